The summed E-state index contributed by atoms with van der Waals surface area (Å²) in [4.78, 5) is 16.8. The number of benzene rings is 2. The highest BCUT2D eigenvalue weighted by molar-refractivity contribution is 6.32. The van der Waals surface area contributed by atoms with E-state index >= 15 is 0 Å². The molecule has 0 aliphatic rings. The molecule has 1 N–H and O–H groups in total. The van der Waals surface area contributed by atoms with Gasteiger partial charge in [0.25, 0.3) is 5.91 Å². The highest BCUT2D eigenvalue weighted by Gasteiger charge is 2.12. The first-order chi connectivity index (χ1) is 14.7. The van der Waals surface area contributed by atoms with Gasteiger partial charge in [-0.25, -0.2) is 4.98 Å². The van der Waals surface area contributed by atoms with Crippen LogP contribution in [-0.2, 0) is 13.0 Å². The molecule has 1 amide bonds. The maximum absolute atomic E-state index is 12.1. The normalized spacial score (nSPS) is 11.0. The quantitative estimate of drug-likeness (QED) is 0.395. The average molecular weight is 424 g/mol. The molecule has 30 heavy (non-hydrogen) atoms. The van der Waals surface area contributed by atoms with Crippen molar-refractivity contribution in [2.24, 2.45) is 0 Å². The molecule has 0 aliphatic heterocycles. The van der Waals surface area contributed by atoms with E-state index in [-0.39, 0.29) is 5.91 Å². The molecular weight excluding hydrogens is 402 g/mol. The molecular formula is C23H22ClN3O3. The van der Waals surface area contributed by atoms with Crippen LogP contribution in [0.25, 0.3) is 11.0 Å². The third-order valence-electron chi connectivity index (χ3n) is 4.73. The van der Waals surface area contributed by atoms with Crippen LogP contribution >= 0.6 is 11.6 Å². The molecule has 0 saturated carbocycles. The summed E-state index contributed by atoms with van der Waals surface area (Å²) in [6.45, 7) is 1.77. The smallest absolute Gasteiger partial charge is 0.286 e. The first kappa shape index (κ1) is 20.0. The molecule has 0 saturated heterocycles. The van der Waals surface area contributed by atoms with Crippen molar-refractivity contribution >= 4 is 28.5 Å². The lowest BCUT2D eigenvalue weighted by atomic mass is 10.3. The van der Waals surface area contributed by atoms with Crippen LogP contribution < -0.4 is 10.1 Å². The highest BCUT2D eigenvalue weighted by Crippen LogP contribution is 2.23. The van der Waals surface area contributed by atoms with Crippen LogP contribution in [-0.4, -0.2) is 28.6 Å². The van der Waals surface area contributed by atoms with E-state index < -0.39 is 0 Å². The number of imidazole rings is 1. The van der Waals surface area contributed by atoms with E-state index in [0.29, 0.717) is 36.1 Å². The van der Waals surface area contributed by atoms with Gasteiger partial charge in [0.1, 0.15) is 11.6 Å². The number of para-hydroxylation sites is 3. The van der Waals surface area contributed by atoms with Gasteiger partial charge in [0.15, 0.2) is 5.76 Å². The number of halogens is 1. The molecule has 2 aromatic heterocycles. The fourth-order valence-corrected chi connectivity index (χ4v) is 3.51. The average Bonchev–Trinajstić information content (AvgIpc) is 3.41. The van der Waals surface area contributed by atoms with Gasteiger partial charge in [-0.15, -0.1) is 0 Å². The van der Waals surface area contributed by atoms with Crippen LogP contribution in [0.1, 0.15) is 22.8 Å². The van der Waals surface area contributed by atoms with Gasteiger partial charge in [-0.3, -0.25) is 4.79 Å². The van der Waals surface area contributed by atoms with Crippen molar-refractivity contribution in [3.8, 4) is 5.75 Å². The summed E-state index contributed by atoms with van der Waals surface area (Å²) in [6, 6.07) is 18.8. The van der Waals surface area contributed by atoms with E-state index in [9.17, 15) is 4.79 Å². The number of amides is 1. The van der Waals surface area contributed by atoms with Crippen LogP contribution in [0.2, 0.25) is 5.02 Å². The third kappa shape index (κ3) is 4.66. The van der Waals surface area contributed by atoms with Gasteiger partial charge in [-0.2, -0.15) is 0 Å². The Bertz CT molecular complexity index is 1120. The Morgan fingerprint density at radius 2 is 1.93 bits per heavy atom. The van der Waals surface area contributed by atoms with Crippen LogP contribution in [0.5, 0.6) is 5.75 Å². The fourth-order valence-electron chi connectivity index (χ4n) is 3.32. The van der Waals surface area contributed by atoms with Gasteiger partial charge in [0.2, 0.25) is 0 Å². The second-order valence-electron chi connectivity index (χ2n) is 6.78. The van der Waals surface area contributed by atoms with Crippen LogP contribution in [0.3, 0.4) is 0 Å². The second-order valence-corrected chi connectivity index (χ2v) is 7.19. The molecule has 0 bridgehead atoms. The van der Waals surface area contributed by atoms with Crippen LogP contribution in [0, 0.1) is 0 Å². The summed E-state index contributed by atoms with van der Waals surface area (Å²) in [7, 11) is 0. The van der Waals surface area contributed by atoms with E-state index in [1.807, 2.05) is 42.5 Å². The van der Waals surface area contributed by atoms with Gasteiger partial charge >= 0.3 is 0 Å². The molecule has 6 nitrogen and oxygen atoms in total. The van der Waals surface area contributed by atoms with Crippen molar-refractivity contribution in [2.75, 3.05) is 13.2 Å². The first-order valence-electron chi connectivity index (χ1n) is 9.85. The summed E-state index contributed by atoms with van der Waals surface area (Å²) in [6.07, 6.45) is 2.91. The number of carbonyl (C=O) groups excluding carboxylic acids is 1. The maximum atomic E-state index is 12.1. The lowest BCUT2D eigenvalue weighted by Crippen LogP contribution is -2.26. The monoisotopic (exact) mass is 423 g/mol. The van der Waals surface area contributed by atoms with E-state index in [1.54, 1.807) is 12.1 Å². The number of furan rings is 1. The molecule has 0 aliphatic carbocycles. The molecule has 154 valence electrons. The van der Waals surface area contributed by atoms with Crippen molar-refractivity contribution in [1.29, 1.82) is 0 Å². The number of hydrogen-bond acceptors (Lipinski definition) is 4. The predicted molar refractivity (Wildman–Crippen MR) is 116 cm³/mol. The second kappa shape index (κ2) is 9.50. The summed E-state index contributed by atoms with van der Waals surface area (Å²) >= 11 is 6.14. The lowest BCUT2D eigenvalue weighted by molar-refractivity contribution is 0.0926. The van der Waals surface area contributed by atoms with Crippen molar-refractivity contribution in [3.05, 3.63) is 83.5 Å². The molecule has 4 rings (SSSR count). The number of carbonyl (C=O) groups is 1. The van der Waals surface area contributed by atoms with Crippen molar-refractivity contribution in [2.45, 2.75) is 19.4 Å². The van der Waals surface area contributed by atoms with E-state index in [1.165, 1.54) is 6.26 Å². The minimum atomic E-state index is -0.226. The summed E-state index contributed by atoms with van der Waals surface area (Å²) in [5, 5.41) is 3.48. The van der Waals surface area contributed by atoms with E-state index in [4.69, 9.17) is 25.7 Å². The first-order valence-corrected chi connectivity index (χ1v) is 10.2. The zero-order valence-electron chi connectivity index (χ0n) is 16.4. The Hall–Kier alpha value is -3.25. The molecule has 0 spiro atoms. The summed E-state index contributed by atoms with van der Waals surface area (Å²) in [5.41, 5.74) is 2.01. The Kier molecular flexibility index (Phi) is 6.35. The molecule has 0 atom stereocenters. The van der Waals surface area contributed by atoms with Gasteiger partial charge in [-0.05, 0) is 42.8 Å². The Morgan fingerprint density at radius 3 is 2.77 bits per heavy atom. The molecule has 2 aromatic carbocycles. The number of aromatic nitrogens is 2. The number of ether oxygens (including phenoxy) is 1. The maximum Gasteiger partial charge on any atom is 0.286 e. The van der Waals surface area contributed by atoms with Crippen molar-refractivity contribution in [1.82, 2.24) is 14.9 Å². The topological polar surface area (TPSA) is 69.3 Å². The Morgan fingerprint density at radius 1 is 1.10 bits per heavy atom. The fraction of sp³-hybridized carbons (Fsp3) is 0.217. The number of fused-ring (bicyclic) bond motifs is 1. The third-order valence-corrected chi connectivity index (χ3v) is 5.05. The standard InChI is InChI=1S/C23H22ClN3O3/c24-17-7-1-4-10-20(17)29-16-6-14-27-19-9-3-2-8-18(19)26-22(27)12-13-25-23(28)21-11-5-15-30-21/h1-5,7-11,15H,6,12-14,16H2,(H,25,28). The number of nitrogens with one attached hydrogen (secondary N) is 1. The van der Waals surface area contributed by atoms with Crippen LogP contribution in [0.4, 0.5) is 0 Å². The molecule has 0 unspecified atom stereocenters. The number of aryl methyl sites for hydroxylation is 1. The number of nitrogens with zero attached hydrogens (tertiary/aromatic N) is 2. The molecule has 0 radical (unpaired) electrons. The zero-order chi connectivity index (χ0) is 20.8. The zero-order valence-corrected chi connectivity index (χ0v) is 17.1. The molecule has 4 aromatic rings. The molecule has 0 fully saturated rings. The van der Waals surface area contributed by atoms with Gasteiger partial charge in [0, 0.05) is 19.5 Å². The number of rotatable bonds is 9. The van der Waals surface area contributed by atoms with Crippen LogP contribution in [0.15, 0.2) is 71.3 Å². The Balaban J connectivity index is 1.38. The molecule has 2 heterocycles. The summed E-state index contributed by atoms with van der Waals surface area (Å²) < 4.78 is 13.1. The minimum Gasteiger partial charge on any atom is -0.492 e. The Labute approximate surface area is 179 Å². The van der Waals surface area contributed by atoms with Gasteiger partial charge in [-0.1, -0.05) is 35.9 Å². The summed E-state index contributed by atoms with van der Waals surface area (Å²) in [5.74, 6) is 1.69. The highest BCUT2D eigenvalue weighted by atomic mass is 35.5. The largest absolute Gasteiger partial charge is 0.492 e. The van der Waals surface area contributed by atoms with E-state index in [2.05, 4.69) is 16.0 Å². The lowest BCUT2D eigenvalue weighted by Gasteiger charge is -2.11. The minimum absolute atomic E-state index is 0.226. The van der Waals surface area contributed by atoms with E-state index in [0.717, 1.165) is 29.8 Å². The van der Waals surface area contributed by atoms with Gasteiger partial charge < -0.3 is 19.0 Å². The number of hydrogen-bond donors (Lipinski definition) is 1. The predicted octanol–water partition coefficient (Wildman–Crippen LogP) is 4.72. The SMILES string of the molecule is O=C(NCCc1nc2ccccc2n1CCCOc1ccccc1Cl)c1ccco1. The van der Waals surface area contributed by atoms with Crippen molar-refractivity contribution < 1.29 is 13.9 Å². The van der Waals surface area contributed by atoms with Gasteiger partial charge in [0.05, 0.1) is 28.9 Å². The molecule has 7 heteroatoms. The van der Waals surface area contributed by atoms with Crippen molar-refractivity contribution in [3.63, 3.8) is 0 Å².